The number of aliphatic hydroxyl groups excluding tert-OH is 1. The molecule has 0 amide bonds. The Morgan fingerprint density at radius 3 is 2.65 bits per heavy atom. The average Bonchev–Trinajstić information content (AvgIpc) is 3.46. The van der Waals surface area contributed by atoms with Gasteiger partial charge in [-0.3, -0.25) is 0 Å². The number of aromatic nitrogens is 5. The van der Waals surface area contributed by atoms with Crippen LogP contribution in [-0.4, -0.2) is 29.8 Å². The molecule has 9 heteroatoms. The van der Waals surface area contributed by atoms with Crippen molar-refractivity contribution < 1.29 is 18.3 Å². The van der Waals surface area contributed by atoms with Gasteiger partial charge in [0.1, 0.15) is 23.4 Å². The van der Waals surface area contributed by atoms with Crippen molar-refractivity contribution in [1.82, 2.24) is 24.7 Å². The fraction of sp³-hybridized carbons (Fsp3) is 0.200. The van der Waals surface area contributed by atoms with Crippen LogP contribution in [0.4, 0.5) is 8.78 Å². The predicted molar refractivity (Wildman–Crippen MR) is 120 cm³/mol. The van der Waals surface area contributed by atoms with Crippen molar-refractivity contribution >= 4 is 11.1 Å². The van der Waals surface area contributed by atoms with E-state index < -0.39 is 5.82 Å². The van der Waals surface area contributed by atoms with Crippen molar-refractivity contribution in [1.29, 1.82) is 0 Å². The zero-order valence-corrected chi connectivity index (χ0v) is 18.2. The SMILES string of the molecule is Cn1cnnc1-c1cc(F)ccc1-c1cc(-c2nc3cc(CO)cc(F)c3o2)nc(C2CC2)c1. The normalized spacial score (nSPS) is 13.6. The first-order chi connectivity index (χ1) is 16.5. The van der Waals surface area contributed by atoms with E-state index in [1.165, 1.54) is 18.2 Å². The summed E-state index contributed by atoms with van der Waals surface area (Å²) in [6.07, 6.45) is 3.61. The maximum atomic E-state index is 14.5. The van der Waals surface area contributed by atoms with E-state index >= 15 is 0 Å². The Morgan fingerprint density at radius 2 is 1.91 bits per heavy atom. The van der Waals surface area contributed by atoms with Crippen LogP contribution >= 0.6 is 0 Å². The molecule has 1 aliphatic carbocycles. The van der Waals surface area contributed by atoms with E-state index in [4.69, 9.17) is 9.40 Å². The van der Waals surface area contributed by atoms with E-state index in [1.54, 1.807) is 36.1 Å². The Morgan fingerprint density at radius 1 is 1.06 bits per heavy atom. The van der Waals surface area contributed by atoms with E-state index in [1.807, 2.05) is 6.07 Å². The number of aliphatic hydroxyl groups is 1. The number of fused-ring (bicyclic) bond motifs is 1. The van der Waals surface area contributed by atoms with Crippen molar-refractivity contribution in [2.24, 2.45) is 7.05 Å². The maximum absolute atomic E-state index is 14.5. The molecule has 170 valence electrons. The number of rotatable bonds is 5. The molecule has 0 saturated heterocycles. The van der Waals surface area contributed by atoms with E-state index in [-0.39, 0.29) is 23.9 Å². The molecule has 1 fully saturated rings. The molecule has 1 N–H and O–H groups in total. The average molecular weight is 459 g/mol. The van der Waals surface area contributed by atoms with E-state index in [0.717, 1.165) is 29.7 Å². The minimum absolute atomic E-state index is 0.00827. The standard InChI is InChI=1S/C25H19F2N5O2/c1-32-12-28-31-24(32)18-10-16(26)4-5-17(18)15-8-20(14-2-3-14)29-22(9-15)25-30-21-7-13(11-33)6-19(27)23(21)34-25/h4-10,12,14,33H,2-3,11H2,1H3. The first-order valence-corrected chi connectivity index (χ1v) is 10.9. The molecule has 0 aliphatic heterocycles. The summed E-state index contributed by atoms with van der Waals surface area (Å²) in [4.78, 5) is 9.19. The van der Waals surface area contributed by atoms with Crippen LogP contribution in [0.1, 0.15) is 30.0 Å². The van der Waals surface area contributed by atoms with Gasteiger partial charge in [0.2, 0.25) is 5.89 Å². The molecule has 5 aromatic rings. The number of hydrogen-bond donors (Lipinski definition) is 1. The summed E-state index contributed by atoms with van der Waals surface area (Å²) in [7, 11) is 1.80. The van der Waals surface area contributed by atoms with Crippen LogP contribution in [0.3, 0.4) is 0 Å². The monoisotopic (exact) mass is 459 g/mol. The lowest BCUT2D eigenvalue weighted by Crippen LogP contribution is -1.97. The zero-order valence-electron chi connectivity index (χ0n) is 18.2. The summed E-state index contributed by atoms with van der Waals surface area (Å²) in [6, 6.07) is 11.1. The lowest BCUT2D eigenvalue weighted by molar-refractivity contribution is 0.281. The molecule has 0 unspecified atom stereocenters. The van der Waals surface area contributed by atoms with Gasteiger partial charge in [0.05, 0.1) is 6.61 Å². The van der Waals surface area contributed by atoms with Gasteiger partial charge in [-0.25, -0.2) is 18.7 Å². The van der Waals surface area contributed by atoms with Crippen LogP contribution < -0.4 is 0 Å². The number of benzene rings is 2. The molecule has 0 spiro atoms. The number of pyridine rings is 1. The summed E-state index contributed by atoms with van der Waals surface area (Å²) in [5.74, 6) is 0.0467. The fourth-order valence-electron chi connectivity index (χ4n) is 4.13. The lowest BCUT2D eigenvalue weighted by Gasteiger charge is -2.12. The Balaban J connectivity index is 1.54. The van der Waals surface area contributed by atoms with Crippen LogP contribution in [0.2, 0.25) is 0 Å². The molecule has 7 nitrogen and oxygen atoms in total. The summed E-state index contributed by atoms with van der Waals surface area (Å²) in [5.41, 5.74) is 4.19. The summed E-state index contributed by atoms with van der Waals surface area (Å²) in [5, 5.41) is 17.5. The highest BCUT2D eigenvalue weighted by atomic mass is 19.1. The van der Waals surface area contributed by atoms with Crippen LogP contribution in [0, 0.1) is 11.6 Å². The lowest BCUT2D eigenvalue weighted by atomic mass is 9.97. The Labute approximate surface area is 192 Å². The minimum atomic E-state index is -0.595. The van der Waals surface area contributed by atoms with Crippen molar-refractivity contribution in [3.63, 3.8) is 0 Å². The van der Waals surface area contributed by atoms with Crippen LogP contribution in [0.15, 0.2) is 53.2 Å². The topological polar surface area (TPSA) is 89.9 Å². The molecule has 0 atom stereocenters. The molecule has 1 aliphatic rings. The molecule has 1 saturated carbocycles. The minimum Gasteiger partial charge on any atom is -0.432 e. The van der Waals surface area contributed by atoms with Crippen molar-refractivity contribution in [2.45, 2.75) is 25.4 Å². The first-order valence-electron chi connectivity index (χ1n) is 10.9. The maximum Gasteiger partial charge on any atom is 0.246 e. The van der Waals surface area contributed by atoms with Crippen molar-refractivity contribution in [2.75, 3.05) is 0 Å². The van der Waals surface area contributed by atoms with Crippen molar-refractivity contribution in [3.05, 3.63) is 71.7 Å². The second-order valence-corrected chi connectivity index (χ2v) is 8.50. The molecule has 3 heterocycles. The fourth-order valence-corrected chi connectivity index (χ4v) is 4.13. The van der Waals surface area contributed by atoms with Crippen LogP contribution in [-0.2, 0) is 13.7 Å². The van der Waals surface area contributed by atoms with Crippen molar-refractivity contribution in [3.8, 4) is 34.1 Å². The van der Waals surface area contributed by atoms with Gasteiger partial charge in [-0.15, -0.1) is 10.2 Å². The van der Waals surface area contributed by atoms with Gasteiger partial charge in [-0.1, -0.05) is 6.07 Å². The predicted octanol–water partition coefficient (Wildman–Crippen LogP) is 5.00. The number of aryl methyl sites for hydroxylation is 1. The summed E-state index contributed by atoms with van der Waals surface area (Å²) < 4.78 is 36.2. The van der Waals surface area contributed by atoms with Gasteiger partial charge in [-0.2, -0.15) is 0 Å². The smallest absolute Gasteiger partial charge is 0.246 e. The Hall–Kier alpha value is -3.98. The first kappa shape index (κ1) is 20.6. The van der Waals surface area contributed by atoms with Gasteiger partial charge in [0, 0.05) is 24.2 Å². The number of oxazole rings is 1. The molecule has 34 heavy (non-hydrogen) atoms. The van der Waals surface area contributed by atoms with E-state index in [2.05, 4.69) is 15.2 Å². The quantitative estimate of drug-likeness (QED) is 0.398. The highest BCUT2D eigenvalue weighted by Gasteiger charge is 2.27. The third-order valence-corrected chi connectivity index (χ3v) is 5.99. The molecular weight excluding hydrogens is 440 g/mol. The van der Waals surface area contributed by atoms with Crippen LogP contribution in [0.25, 0.3) is 45.2 Å². The van der Waals surface area contributed by atoms with Gasteiger partial charge in [0.15, 0.2) is 17.2 Å². The van der Waals surface area contributed by atoms with Gasteiger partial charge in [-0.05, 0) is 65.9 Å². The molecule has 2 aromatic carbocycles. The van der Waals surface area contributed by atoms with E-state index in [9.17, 15) is 13.9 Å². The highest BCUT2D eigenvalue weighted by Crippen LogP contribution is 2.42. The highest BCUT2D eigenvalue weighted by molar-refractivity contribution is 5.83. The van der Waals surface area contributed by atoms with Crippen LogP contribution in [0.5, 0.6) is 0 Å². The Kier molecular flexibility index (Phi) is 4.73. The number of hydrogen-bond acceptors (Lipinski definition) is 6. The Bertz CT molecular complexity index is 1550. The molecule has 3 aromatic heterocycles. The number of nitrogens with zero attached hydrogens (tertiary/aromatic N) is 5. The summed E-state index contributed by atoms with van der Waals surface area (Å²) >= 11 is 0. The third-order valence-electron chi connectivity index (χ3n) is 5.99. The van der Waals surface area contributed by atoms with Gasteiger partial charge >= 0.3 is 0 Å². The van der Waals surface area contributed by atoms with Gasteiger partial charge in [0.25, 0.3) is 0 Å². The van der Waals surface area contributed by atoms with E-state index in [0.29, 0.717) is 34.1 Å². The number of halogens is 2. The summed E-state index contributed by atoms with van der Waals surface area (Å²) in [6.45, 7) is -0.302. The largest absolute Gasteiger partial charge is 0.432 e. The zero-order chi connectivity index (χ0) is 23.4. The van der Waals surface area contributed by atoms with Gasteiger partial charge < -0.3 is 14.1 Å². The second-order valence-electron chi connectivity index (χ2n) is 8.50. The molecule has 0 radical (unpaired) electrons. The molecule has 6 rings (SSSR count). The third kappa shape index (κ3) is 3.54. The molecule has 0 bridgehead atoms. The molecular formula is C25H19F2N5O2. The second kappa shape index (κ2) is 7.81.